The van der Waals surface area contributed by atoms with Crippen molar-refractivity contribution in [3.05, 3.63) is 107 Å². The number of hydrogen-bond acceptors (Lipinski definition) is 5. The Labute approximate surface area is 213 Å². The van der Waals surface area contributed by atoms with Crippen LogP contribution < -0.4 is 5.32 Å². The SMILES string of the molecule is CC(=O)NCc1ccc(C2OC(CN(C)C(C)c3ccccc3)CC(c3ccc(CO)cc3)O2)cc1. The van der Waals surface area contributed by atoms with E-state index in [1.807, 2.05) is 54.6 Å². The van der Waals surface area contributed by atoms with Crippen molar-refractivity contribution in [2.24, 2.45) is 0 Å². The van der Waals surface area contributed by atoms with Gasteiger partial charge in [-0.15, -0.1) is 0 Å². The molecule has 1 amide bonds. The molecule has 3 aromatic rings. The molecule has 4 atom stereocenters. The molecule has 6 nitrogen and oxygen atoms in total. The van der Waals surface area contributed by atoms with Gasteiger partial charge in [-0.25, -0.2) is 0 Å². The van der Waals surface area contributed by atoms with Crippen LogP contribution in [-0.4, -0.2) is 35.6 Å². The summed E-state index contributed by atoms with van der Waals surface area (Å²) in [5.74, 6) is -0.0511. The van der Waals surface area contributed by atoms with Crippen LogP contribution in [0.25, 0.3) is 0 Å². The molecule has 0 saturated carbocycles. The van der Waals surface area contributed by atoms with Gasteiger partial charge in [0, 0.05) is 38.0 Å². The summed E-state index contributed by atoms with van der Waals surface area (Å²) in [4.78, 5) is 13.6. The molecule has 1 heterocycles. The third kappa shape index (κ3) is 6.80. The van der Waals surface area contributed by atoms with Gasteiger partial charge < -0.3 is 19.9 Å². The molecule has 0 radical (unpaired) electrons. The van der Waals surface area contributed by atoms with E-state index in [9.17, 15) is 9.90 Å². The van der Waals surface area contributed by atoms with Crippen LogP contribution in [0.15, 0.2) is 78.9 Å². The fraction of sp³-hybridized carbons (Fsp3) is 0.367. The topological polar surface area (TPSA) is 71.0 Å². The molecule has 36 heavy (non-hydrogen) atoms. The molecular formula is C30H36N2O4. The number of nitrogens with one attached hydrogen (secondary N) is 1. The maximum atomic E-state index is 11.2. The number of aliphatic hydroxyl groups excluding tert-OH is 1. The van der Waals surface area contributed by atoms with E-state index in [-0.39, 0.29) is 30.8 Å². The van der Waals surface area contributed by atoms with E-state index in [1.165, 1.54) is 12.5 Å². The summed E-state index contributed by atoms with van der Waals surface area (Å²) in [6.07, 6.45) is 0.0884. The number of hydrogen-bond donors (Lipinski definition) is 2. The van der Waals surface area contributed by atoms with Gasteiger partial charge in [0.1, 0.15) is 0 Å². The van der Waals surface area contributed by atoms with Crippen molar-refractivity contribution >= 4 is 5.91 Å². The summed E-state index contributed by atoms with van der Waals surface area (Å²) < 4.78 is 12.9. The van der Waals surface area contributed by atoms with Crippen LogP contribution in [0.4, 0.5) is 0 Å². The van der Waals surface area contributed by atoms with Crippen molar-refractivity contribution in [3.8, 4) is 0 Å². The smallest absolute Gasteiger partial charge is 0.217 e. The number of aliphatic hydroxyl groups is 1. The maximum Gasteiger partial charge on any atom is 0.217 e. The molecular weight excluding hydrogens is 452 g/mol. The van der Waals surface area contributed by atoms with Crippen molar-refractivity contribution in [2.75, 3.05) is 13.6 Å². The number of likely N-dealkylation sites (N-methyl/N-ethyl adjacent to an activating group) is 1. The summed E-state index contributed by atoms with van der Waals surface area (Å²) in [7, 11) is 2.13. The lowest BCUT2D eigenvalue weighted by Crippen LogP contribution is -2.38. The molecule has 6 heteroatoms. The number of carbonyl (C=O) groups is 1. The fourth-order valence-corrected chi connectivity index (χ4v) is 4.52. The van der Waals surface area contributed by atoms with Gasteiger partial charge in [-0.2, -0.15) is 0 Å². The average molecular weight is 489 g/mol. The lowest BCUT2D eigenvalue weighted by atomic mass is 9.99. The predicted molar refractivity (Wildman–Crippen MR) is 140 cm³/mol. The summed E-state index contributed by atoms with van der Waals surface area (Å²) in [6, 6.07) is 26.7. The van der Waals surface area contributed by atoms with Gasteiger partial charge >= 0.3 is 0 Å². The van der Waals surface area contributed by atoms with E-state index in [1.54, 1.807) is 0 Å². The van der Waals surface area contributed by atoms with E-state index in [2.05, 4.69) is 48.5 Å². The molecule has 1 aliphatic rings. The third-order valence-electron chi connectivity index (χ3n) is 6.84. The number of ether oxygens (including phenoxy) is 2. The number of carbonyl (C=O) groups excluding carboxylic acids is 1. The van der Waals surface area contributed by atoms with Crippen LogP contribution in [0.1, 0.15) is 66.5 Å². The zero-order valence-electron chi connectivity index (χ0n) is 21.3. The highest BCUT2D eigenvalue weighted by atomic mass is 16.7. The van der Waals surface area contributed by atoms with Crippen LogP contribution >= 0.6 is 0 Å². The van der Waals surface area contributed by atoms with E-state index in [0.29, 0.717) is 6.54 Å². The first-order chi connectivity index (χ1) is 17.4. The van der Waals surface area contributed by atoms with Crippen molar-refractivity contribution in [1.29, 1.82) is 0 Å². The Kier molecular flexibility index (Phi) is 8.88. The molecule has 4 unspecified atom stereocenters. The second-order valence-electron chi connectivity index (χ2n) is 9.53. The molecule has 0 spiro atoms. The highest BCUT2D eigenvalue weighted by Gasteiger charge is 2.33. The summed E-state index contributed by atoms with van der Waals surface area (Å²) in [6.45, 7) is 5.01. The lowest BCUT2D eigenvalue weighted by molar-refractivity contribution is -0.253. The summed E-state index contributed by atoms with van der Waals surface area (Å²) in [5.41, 5.74) is 5.20. The summed E-state index contributed by atoms with van der Waals surface area (Å²) in [5, 5.41) is 12.3. The van der Waals surface area contributed by atoms with Gasteiger partial charge in [0.05, 0.1) is 18.8 Å². The zero-order valence-corrected chi connectivity index (χ0v) is 21.3. The quantitative estimate of drug-likeness (QED) is 0.441. The van der Waals surface area contributed by atoms with E-state index >= 15 is 0 Å². The average Bonchev–Trinajstić information content (AvgIpc) is 2.92. The van der Waals surface area contributed by atoms with Crippen LogP contribution in [0.5, 0.6) is 0 Å². The van der Waals surface area contributed by atoms with E-state index in [0.717, 1.165) is 35.2 Å². The van der Waals surface area contributed by atoms with Crippen LogP contribution in [-0.2, 0) is 27.4 Å². The number of benzene rings is 3. The Morgan fingerprint density at radius 3 is 2.25 bits per heavy atom. The first-order valence-electron chi connectivity index (χ1n) is 12.5. The molecule has 1 fully saturated rings. The maximum absolute atomic E-state index is 11.2. The Balaban J connectivity index is 1.51. The minimum absolute atomic E-state index is 0.0210. The second kappa shape index (κ2) is 12.3. The van der Waals surface area contributed by atoms with Crippen LogP contribution in [0, 0.1) is 0 Å². The van der Waals surface area contributed by atoms with Gasteiger partial charge in [0.2, 0.25) is 5.91 Å². The van der Waals surface area contributed by atoms with Gasteiger partial charge in [-0.3, -0.25) is 9.69 Å². The third-order valence-corrected chi connectivity index (χ3v) is 6.84. The molecule has 0 bridgehead atoms. The van der Waals surface area contributed by atoms with Crippen LogP contribution in [0.2, 0.25) is 0 Å². The van der Waals surface area contributed by atoms with Crippen molar-refractivity contribution in [2.45, 2.75) is 58.0 Å². The monoisotopic (exact) mass is 488 g/mol. The highest BCUT2D eigenvalue weighted by Crippen LogP contribution is 2.38. The molecule has 1 saturated heterocycles. The Morgan fingerprint density at radius 2 is 1.61 bits per heavy atom. The van der Waals surface area contributed by atoms with Crippen molar-refractivity contribution in [1.82, 2.24) is 10.2 Å². The fourth-order valence-electron chi connectivity index (χ4n) is 4.52. The molecule has 1 aliphatic heterocycles. The minimum atomic E-state index is -0.499. The zero-order chi connectivity index (χ0) is 25.5. The Bertz CT molecular complexity index is 1100. The highest BCUT2D eigenvalue weighted by molar-refractivity contribution is 5.72. The van der Waals surface area contributed by atoms with E-state index in [4.69, 9.17) is 9.47 Å². The van der Waals surface area contributed by atoms with Gasteiger partial charge in [0.25, 0.3) is 0 Å². The van der Waals surface area contributed by atoms with Crippen molar-refractivity contribution < 1.29 is 19.4 Å². The van der Waals surface area contributed by atoms with Gasteiger partial charge in [-0.05, 0) is 36.2 Å². The Morgan fingerprint density at radius 1 is 0.972 bits per heavy atom. The molecule has 0 aromatic heterocycles. The van der Waals surface area contributed by atoms with E-state index < -0.39 is 6.29 Å². The molecule has 3 aromatic carbocycles. The predicted octanol–water partition coefficient (Wildman–Crippen LogP) is 5.05. The normalized spacial score (nSPS) is 20.8. The molecule has 2 N–H and O–H groups in total. The molecule has 190 valence electrons. The van der Waals surface area contributed by atoms with Gasteiger partial charge in [0.15, 0.2) is 6.29 Å². The Hall–Kier alpha value is -3.03. The number of amides is 1. The largest absolute Gasteiger partial charge is 0.392 e. The van der Waals surface area contributed by atoms with Crippen molar-refractivity contribution in [3.63, 3.8) is 0 Å². The number of nitrogens with zero attached hydrogens (tertiary/aromatic N) is 1. The first kappa shape index (κ1) is 26.0. The standard InChI is InChI=1S/C30H36N2O4/c1-21(25-7-5-4-6-8-25)32(3)19-28-17-29(26-13-11-24(20-33)12-14-26)36-30(35-28)27-15-9-23(10-16-27)18-31-22(2)34/h4-16,21,28-30,33H,17-20H2,1-3H3,(H,31,34). The molecule has 4 rings (SSSR count). The number of rotatable bonds is 9. The summed E-state index contributed by atoms with van der Waals surface area (Å²) >= 11 is 0. The first-order valence-corrected chi connectivity index (χ1v) is 12.5. The molecule has 0 aliphatic carbocycles. The minimum Gasteiger partial charge on any atom is -0.392 e. The van der Waals surface area contributed by atoms with Crippen LogP contribution in [0.3, 0.4) is 0 Å². The second-order valence-corrected chi connectivity index (χ2v) is 9.53. The van der Waals surface area contributed by atoms with Gasteiger partial charge in [-0.1, -0.05) is 78.9 Å². The lowest BCUT2D eigenvalue weighted by Gasteiger charge is -2.39.